The van der Waals surface area contributed by atoms with Gasteiger partial charge in [-0.05, 0) is 24.3 Å². The van der Waals surface area contributed by atoms with Crippen LogP contribution in [-0.2, 0) is 0 Å². The number of aliphatic imine (C=N–C) groups is 1. The van der Waals surface area contributed by atoms with Crippen LogP contribution in [0, 0.1) is 0 Å². The van der Waals surface area contributed by atoms with Gasteiger partial charge in [0.1, 0.15) is 0 Å². The lowest BCUT2D eigenvalue weighted by molar-refractivity contribution is 0.102. The smallest absolute Gasteiger partial charge is 0.183 e. The van der Waals surface area contributed by atoms with E-state index in [9.17, 15) is 4.79 Å². The Morgan fingerprint density at radius 2 is 2.57 bits per heavy atom. The third kappa shape index (κ3) is 2.45. The summed E-state index contributed by atoms with van der Waals surface area (Å²) in [5.74, 6) is 0.763. The molecule has 1 aliphatic rings. The average molecular weight is 225 g/mol. The lowest BCUT2D eigenvalue weighted by Gasteiger charge is -1.97. The third-order valence-corrected chi connectivity index (χ3v) is 3.99. The molecule has 2 nitrogen and oxygen atoms in total. The monoisotopic (exact) mass is 225 g/mol. The molecule has 0 fully saturated rings. The third-order valence-electron chi connectivity index (χ3n) is 2.00. The van der Waals surface area contributed by atoms with Crippen molar-refractivity contribution in [3.05, 3.63) is 22.4 Å². The molecule has 4 heteroatoms. The number of ketones is 1. The lowest BCUT2D eigenvalue weighted by Crippen LogP contribution is -2.01. The maximum Gasteiger partial charge on any atom is 0.183 e. The van der Waals surface area contributed by atoms with E-state index in [-0.39, 0.29) is 5.78 Å². The number of rotatable bonds is 3. The summed E-state index contributed by atoms with van der Waals surface area (Å²) in [6, 6.07) is 3.79. The van der Waals surface area contributed by atoms with Crippen LogP contribution in [0.5, 0.6) is 0 Å². The SMILES string of the molecule is O=C(CSC1=NCCC1)c1cccs1. The minimum absolute atomic E-state index is 0.222. The Morgan fingerprint density at radius 1 is 1.64 bits per heavy atom. The van der Waals surface area contributed by atoms with E-state index in [1.54, 1.807) is 11.8 Å². The van der Waals surface area contributed by atoms with Gasteiger partial charge in [0.2, 0.25) is 0 Å². The van der Waals surface area contributed by atoms with Crippen LogP contribution in [0.25, 0.3) is 0 Å². The van der Waals surface area contributed by atoms with E-state index in [0.29, 0.717) is 5.75 Å². The number of thiophene rings is 1. The summed E-state index contributed by atoms with van der Waals surface area (Å²) in [5, 5.41) is 3.08. The molecule has 0 aliphatic carbocycles. The van der Waals surface area contributed by atoms with Crippen LogP contribution in [0.1, 0.15) is 22.5 Å². The quantitative estimate of drug-likeness (QED) is 0.740. The summed E-state index contributed by atoms with van der Waals surface area (Å²) in [5.41, 5.74) is 0. The Morgan fingerprint density at radius 3 is 3.21 bits per heavy atom. The van der Waals surface area contributed by atoms with Crippen LogP contribution >= 0.6 is 23.1 Å². The molecule has 0 spiro atoms. The summed E-state index contributed by atoms with van der Waals surface area (Å²) < 4.78 is 0. The number of Topliss-reactive ketones (excluding diaryl/α,β-unsaturated/α-hetero) is 1. The highest BCUT2D eigenvalue weighted by Gasteiger charge is 2.11. The normalized spacial score (nSPS) is 15.6. The van der Waals surface area contributed by atoms with Crippen molar-refractivity contribution in [2.75, 3.05) is 12.3 Å². The first-order valence-electron chi connectivity index (χ1n) is 4.59. The van der Waals surface area contributed by atoms with Crippen LogP contribution in [0.15, 0.2) is 22.5 Å². The van der Waals surface area contributed by atoms with Crippen molar-refractivity contribution in [3.8, 4) is 0 Å². The molecule has 0 unspecified atom stereocenters. The van der Waals surface area contributed by atoms with Crippen molar-refractivity contribution in [2.45, 2.75) is 12.8 Å². The predicted octanol–water partition coefficient (Wildman–Crippen LogP) is 2.86. The molecule has 2 rings (SSSR count). The van der Waals surface area contributed by atoms with Crippen LogP contribution in [0.4, 0.5) is 0 Å². The summed E-state index contributed by atoms with van der Waals surface area (Å²) in [4.78, 5) is 16.8. The molecule has 0 amide bonds. The van der Waals surface area contributed by atoms with Gasteiger partial charge in [0.15, 0.2) is 5.78 Å². The molecule has 0 atom stereocenters. The van der Waals surface area contributed by atoms with Crippen molar-refractivity contribution in [2.24, 2.45) is 4.99 Å². The molecule has 2 heterocycles. The van der Waals surface area contributed by atoms with Crippen LogP contribution in [0.3, 0.4) is 0 Å². The zero-order valence-corrected chi connectivity index (χ0v) is 9.37. The molecule has 1 aromatic heterocycles. The maximum absolute atomic E-state index is 11.6. The van der Waals surface area contributed by atoms with Crippen LogP contribution < -0.4 is 0 Å². The van der Waals surface area contributed by atoms with Gasteiger partial charge in [-0.2, -0.15) is 0 Å². The summed E-state index contributed by atoms with van der Waals surface area (Å²) >= 11 is 3.11. The second kappa shape index (κ2) is 4.75. The number of hydrogen-bond acceptors (Lipinski definition) is 4. The Bertz CT molecular complexity index is 343. The fourth-order valence-corrected chi connectivity index (χ4v) is 2.97. The number of hydrogen-bond donors (Lipinski definition) is 0. The standard InChI is InChI=1S/C10H11NOS2/c12-8(9-3-2-6-13-9)7-14-10-4-1-5-11-10/h2-3,6H,1,4-5,7H2. The van der Waals surface area contributed by atoms with Crippen molar-refractivity contribution in [1.29, 1.82) is 0 Å². The van der Waals surface area contributed by atoms with E-state index in [2.05, 4.69) is 4.99 Å². The Kier molecular flexibility index (Phi) is 3.37. The number of carbonyl (C=O) groups is 1. The van der Waals surface area contributed by atoms with E-state index < -0.39 is 0 Å². The Hall–Kier alpha value is -0.610. The first-order valence-corrected chi connectivity index (χ1v) is 6.45. The highest BCUT2D eigenvalue weighted by atomic mass is 32.2. The second-order valence-electron chi connectivity index (χ2n) is 3.07. The van der Waals surface area contributed by atoms with Gasteiger partial charge < -0.3 is 0 Å². The largest absolute Gasteiger partial charge is 0.292 e. The first-order chi connectivity index (χ1) is 6.86. The summed E-state index contributed by atoms with van der Waals surface area (Å²) in [7, 11) is 0. The summed E-state index contributed by atoms with van der Waals surface area (Å²) in [6.45, 7) is 0.940. The van der Waals surface area contributed by atoms with Gasteiger partial charge in [-0.25, -0.2) is 0 Å². The van der Waals surface area contributed by atoms with Crippen molar-refractivity contribution in [3.63, 3.8) is 0 Å². The topological polar surface area (TPSA) is 29.4 Å². The van der Waals surface area contributed by atoms with Gasteiger partial charge in [0.05, 0.1) is 15.7 Å². The molecule has 14 heavy (non-hydrogen) atoms. The van der Waals surface area contributed by atoms with Gasteiger partial charge in [-0.15, -0.1) is 23.1 Å². The van der Waals surface area contributed by atoms with Crippen LogP contribution in [0.2, 0.25) is 0 Å². The highest BCUT2D eigenvalue weighted by Crippen LogP contribution is 2.18. The molecular formula is C10H11NOS2. The molecule has 0 saturated heterocycles. The average Bonchev–Trinajstić information content (AvgIpc) is 2.87. The minimum Gasteiger partial charge on any atom is -0.292 e. The fraction of sp³-hybridized carbons (Fsp3) is 0.400. The number of carbonyl (C=O) groups excluding carboxylic acids is 1. The fourth-order valence-electron chi connectivity index (χ4n) is 1.29. The maximum atomic E-state index is 11.6. The van der Waals surface area contributed by atoms with Crippen molar-refractivity contribution in [1.82, 2.24) is 0 Å². The molecule has 1 aliphatic heterocycles. The van der Waals surface area contributed by atoms with E-state index in [0.717, 1.165) is 29.3 Å². The Balaban J connectivity index is 1.83. The molecule has 74 valence electrons. The zero-order chi connectivity index (χ0) is 9.80. The zero-order valence-electron chi connectivity index (χ0n) is 7.73. The molecular weight excluding hydrogens is 214 g/mol. The van der Waals surface area contributed by atoms with E-state index >= 15 is 0 Å². The van der Waals surface area contributed by atoms with E-state index in [1.165, 1.54) is 11.3 Å². The van der Waals surface area contributed by atoms with E-state index in [1.807, 2.05) is 17.5 Å². The molecule has 0 radical (unpaired) electrons. The second-order valence-corrected chi connectivity index (χ2v) is 5.06. The van der Waals surface area contributed by atoms with Gasteiger partial charge in [-0.3, -0.25) is 9.79 Å². The minimum atomic E-state index is 0.222. The van der Waals surface area contributed by atoms with Gasteiger partial charge >= 0.3 is 0 Å². The molecule has 0 bridgehead atoms. The number of nitrogens with zero attached hydrogens (tertiary/aromatic N) is 1. The first kappa shape index (κ1) is 9.93. The van der Waals surface area contributed by atoms with Gasteiger partial charge in [0, 0.05) is 6.54 Å². The number of thioether (sulfide) groups is 1. The lowest BCUT2D eigenvalue weighted by atomic mass is 10.4. The molecule has 0 saturated carbocycles. The summed E-state index contributed by atoms with van der Waals surface area (Å²) in [6.07, 6.45) is 2.21. The predicted molar refractivity (Wildman–Crippen MR) is 62.6 cm³/mol. The van der Waals surface area contributed by atoms with Crippen molar-refractivity contribution >= 4 is 33.9 Å². The van der Waals surface area contributed by atoms with Gasteiger partial charge in [-0.1, -0.05) is 6.07 Å². The molecule has 0 N–H and O–H groups in total. The van der Waals surface area contributed by atoms with Crippen LogP contribution in [-0.4, -0.2) is 23.1 Å². The molecule has 1 aromatic rings. The highest BCUT2D eigenvalue weighted by molar-refractivity contribution is 8.14. The Labute approximate surface area is 91.4 Å². The van der Waals surface area contributed by atoms with Gasteiger partial charge in [0.25, 0.3) is 0 Å². The molecule has 0 aromatic carbocycles. The van der Waals surface area contributed by atoms with E-state index in [4.69, 9.17) is 0 Å². The van der Waals surface area contributed by atoms with Crippen molar-refractivity contribution < 1.29 is 4.79 Å².